The van der Waals surface area contributed by atoms with Crippen LogP contribution in [0, 0.1) is 6.92 Å². The maximum Gasteiger partial charge on any atom is 0.161 e. The fraction of sp³-hybridized carbons (Fsp3) is 0.444. The van der Waals surface area contributed by atoms with Crippen molar-refractivity contribution in [2.45, 2.75) is 19.6 Å². The second kappa shape index (κ2) is 6.75. The quantitative estimate of drug-likeness (QED) is 0.861. The summed E-state index contributed by atoms with van der Waals surface area (Å²) >= 11 is 0. The third-order valence-electron chi connectivity index (χ3n) is 4.29. The normalized spacial score (nSPS) is 20.8. The molecule has 6 nitrogen and oxygen atoms in total. The summed E-state index contributed by atoms with van der Waals surface area (Å²) in [5.74, 6) is 1.67. The third kappa shape index (κ3) is 3.34. The number of benzene rings is 1. The van der Waals surface area contributed by atoms with Crippen molar-refractivity contribution in [1.29, 1.82) is 0 Å². The number of hydrogen-bond donors (Lipinski definition) is 0. The van der Waals surface area contributed by atoms with Gasteiger partial charge in [-0.25, -0.2) is 0 Å². The van der Waals surface area contributed by atoms with Gasteiger partial charge in [-0.1, -0.05) is 6.07 Å². The van der Waals surface area contributed by atoms with E-state index in [1.807, 2.05) is 19.2 Å². The number of rotatable bonds is 3. The molecule has 3 heterocycles. The van der Waals surface area contributed by atoms with Gasteiger partial charge in [0.1, 0.15) is 19.3 Å². The molecule has 1 fully saturated rings. The van der Waals surface area contributed by atoms with Gasteiger partial charge in [-0.2, -0.15) is 0 Å². The Morgan fingerprint density at radius 3 is 2.79 bits per heavy atom. The van der Waals surface area contributed by atoms with Gasteiger partial charge in [-0.05, 0) is 24.6 Å². The molecular formula is C18H21N3O3. The summed E-state index contributed by atoms with van der Waals surface area (Å²) in [5, 5.41) is 0. The molecule has 126 valence electrons. The Morgan fingerprint density at radius 2 is 1.96 bits per heavy atom. The van der Waals surface area contributed by atoms with Crippen molar-refractivity contribution < 1.29 is 14.2 Å². The van der Waals surface area contributed by atoms with E-state index in [-0.39, 0.29) is 6.10 Å². The van der Waals surface area contributed by atoms with E-state index < -0.39 is 0 Å². The molecule has 24 heavy (non-hydrogen) atoms. The largest absolute Gasteiger partial charge is 0.486 e. The monoisotopic (exact) mass is 327 g/mol. The van der Waals surface area contributed by atoms with Crippen LogP contribution >= 0.6 is 0 Å². The average Bonchev–Trinajstić information content (AvgIpc) is 2.62. The van der Waals surface area contributed by atoms with Crippen LogP contribution in [-0.2, 0) is 11.3 Å². The predicted octanol–water partition coefficient (Wildman–Crippen LogP) is 2.13. The van der Waals surface area contributed by atoms with E-state index in [4.69, 9.17) is 14.2 Å². The van der Waals surface area contributed by atoms with Crippen LogP contribution in [-0.4, -0.2) is 47.8 Å². The number of nitrogens with zero attached hydrogens (tertiary/aromatic N) is 3. The summed E-state index contributed by atoms with van der Waals surface area (Å²) in [6, 6.07) is 6.17. The van der Waals surface area contributed by atoms with Crippen LogP contribution in [0.3, 0.4) is 0 Å². The standard InChI is InChI=1S/C18H21N3O3/c1-13-9-20-15(10-19-13)18-12-21(4-5-22-18)11-14-2-3-16-17(8-14)24-7-6-23-16/h2-3,8-10,18H,4-7,11-12H2,1H3/t18-/m0/s1. The molecule has 2 aliphatic rings. The van der Waals surface area contributed by atoms with Crippen LogP contribution in [0.4, 0.5) is 0 Å². The second-order valence-corrected chi connectivity index (χ2v) is 6.16. The molecule has 1 aromatic carbocycles. The zero-order valence-electron chi connectivity index (χ0n) is 13.8. The Balaban J connectivity index is 1.44. The van der Waals surface area contributed by atoms with E-state index in [0.29, 0.717) is 19.8 Å². The summed E-state index contributed by atoms with van der Waals surface area (Å²) in [4.78, 5) is 11.1. The van der Waals surface area contributed by atoms with E-state index in [1.54, 1.807) is 6.20 Å². The lowest BCUT2D eigenvalue weighted by molar-refractivity contribution is -0.0352. The molecule has 0 saturated carbocycles. The van der Waals surface area contributed by atoms with Crippen LogP contribution in [0.15, 0.2) is 30.6 Å². The fourth-order valence-electron chi connectivity index (χ4n) is 3.04. The van der Waals surface area contributed by atoms with Crippen molar-refractivity contribution in [2.75, 3.05) is 32.9 Å². The maximum absolute atomic E-state index is 5.87. The van der Waals surface area contributed by atoms with E-state index in [0.717, 1.165) is 42.5 Å². The molecule has 0 unspecified atom stereocenters. The molecule has 6 heteroatoms. The highest BCUT2D eigenvalue weighted by molar-refractivity contribution is 5.43. The summed E-state index contributed by atoms with van der Waals surface area (Å²) in [6.45, 7) is 6.45. The molecule has 0 radical (unpaired) electrons. The molecule has 0 N–H and O–H groups in total. The molecule has 0 amide bonds. The first-order valence-electron chi connectivity index (χ1n) is 8.29. The van der Waals surface area contributed by atoms with Crippen molar-refractivity contribution in [1.82, 2.24) is 14.9 Å². The maximum atomic E-state index is 5.87. The van der Waals surface area contributed by atoms with E-state index >= 15 is 0 Å². The van der Waals surface area contributed by atoms with E-state index in [1.165, 1.54) is 5.56 Å². The third-order valence-corrected chi connectivity index (χ3v) is 4.29. The number of hydrogen-bond acceptors (Lipinski definition) is 6. The average molecular weight is 327 g/mol. The lowest BCUT2D eigenvalue weighted by Gasteiger charge is -2.32. The number of fused-ring (bicyclic) bond motifs is 1. The highest BCUT2D eigenvalue weighted by Crippen LogP contribution is 2.31. The lowest BCUT2D eigenvalue weighted by atomic mass is 10.1. The Morgan fingerprint density at radius 1 is 1.08 bits per heavy atom. The molecule has 0 spiro atoms. The molecular weight excluding hydrogens is 306 g/mol. The van der Waals surface area contributed by atoms with Crippen molar-refractivity contribution in [2.24, 2.45) is 0 Å². The Bertz CT molecular complexity index is 705. The Hall–Kier alpha value is -2.18. The minimum absolute atomic E-state index is 0.0240. The summed E-state index contributed by atoms with van der Waals surface area (Å²) in [5.41, 5.74) is 3.03. The minimum Gasteiger partial charge on any atom is -0.486 e. The van der Waals surface area contributed by atoms with Crippen molar-refractivity contribution in [3.63, 3.8) is 0 Å². The number of aromatic nitrogens is 2. The SMILES string of the molecule is Cc1cnc([C@@H]2CN(Cc3ccc4c(c3)OCCO4)CCO2)cn1. The minimum atomic E-state index is -0.0240. The lowest BCUT2D eigenvalue weighted by Crippen LogP contribution is -2.38. The molecule has 4 rings (SSSR count). The smallest absolute Gasteiger partial charge is 0.161 e. The van der Waals surface area contributed by atoms with Crippen LogP contribution in [0.2, 0.25) is 0 Å². The highest BCUT2D eigenvalue weighted by Gasteiger charge is 2.23. The number of ether oxygens (including phenoxy) is 3. The van der Waals surface area contributed by atoms with Gasteiger partial charge in [0.2, 0.25) is 0 Å². The van der Waals surface area contributed by atoms with Gasteiger partial charge in [0, 0.05) is 25.8 Å². The predicted molar refractivity (Wildman–Crippen MR) is 88.2 cm³/mol. The van der Waals surface area contributed by atoms with Crippen LogP contribution in [0.5, 0.6) is 11.5 Å². The fourth-order valence-corrected chi connectivity index (χ4v) is 3.04. The first-order valence-corrected chi connectivity index (χ1v) is 8.29. The van der Waals surface area contributed by atoms with Crippen LogP contribution < -0.4 is 9.47 Å². The molecule has 0 aliphatic carbocycles. The van der Waals surface area contributed by atoms with Gasteiger partial charge in [0.25, 0.3) is 0 Å². The van der Waals surface area contributed by atoms with Gasteiger partial charge in [0.05, 0.1) is 24.2 Å². The molecule has 1 aromatic heterocycles. The molecule has 2 aromatic rings. The van der Waals surface area contributed by atoms with Gasteiger partial charge in [0.15, 0.2) is 11.5 Å². The summed E-state index contributed by atoms with van der Waals surface area (Å²) < 4.78 is 17.1. The van der Waals surface area contributed by atoms with Gasteiger partial charge < -0.3 is 14.2 Å². The molecule has 1 atom stereocenters. The summed E-state index contributed by atoms with van der Waals surface area (Å²) in [7, 11) is 0. The Kier molecular flexibility index (Phi) is 4.32. The van der Waals surface area contributed by atoms with Gasteiger partial charge in [-0.15, -0.1) is 0 Å². The molecule has 0 bridgehead atoms. The van der Waals surface area contributed by atoms with Gasteiger partial charge >= 0.3 is 0 Å². The van der Waals surface area contributed by atoms with E-state index in [2.05, 4.69) is 27.0 Å². The second-order valence-electron chi connectivity index (χ2n) is 6.16. The highest BCUT2D eigenvalue weighted by atomic mass is 16.6. The number of aryl methyl sites for hydroxylation is 1. The molecule has 1 saturated heterocycles. The number of morpholine rings is 1. The van der Waals surface area contributed by atoms with Gasteiger partial charge in [-0.3, -0.25) is 14.9 Å². The van der Waals surface area contributed by atoms with Crippen molar-refractivity contribution >= 4 is 0 Å². The zero-order chi connectivity index (χ0) is 16.4. The zero-order valence-corrected chi connectivity index (χ0v) is 13.8. The van der Waals surface area contributed by atoms with Crippen LogP contribution in [0.1, 0.15) is 23.1 Å². The topological polar surface area (TPSA) is 56.7 Å². The van der Waals surface area contributed by atoms with Crippen LogP contribution in [0.25, 0.3) is 0 Å². The first kappa shape index (κ1) is 15.4. The molecule has 2 aliphatic heterocycles. The van der Waals surface area contributed by atoms with E-state index in [9.17, 15) is 0 Å². The van der Waals surface area contributed by atoms with Crippen molar-refractivity contribution in [3.05, 3.63) is 47.5 Å². The first-order chi connectivity index (χ1) is 11.8. The Labute approximate surface area is 141 Å². The summed E-state index contributed by atoms with van der Waals surface area (Å²) in [6.07, 6.45) is 3.58. The van der Waals surface area contributed by atoms with Crippen molar-refractivity contribution in [3.8, 4) is 11.5 Å².